The zero-order valence-corrected chi connectivity index (χ0v) is 17.3. The van der Waals surface area contributed by atoms with E-state index in [1.165, 1.54) is 12.1 Å². The van der Waals surface area contributed by atoms with E-state index in [1.807, 2.05) is 0 Å². The number of carbonyl (C=O) groups is 2. The standard InChI is InChI=1S/C23H19ClFN3O3/c1-15(27-28-23(30)22(29)26-21-5-3-2-4-20(21)24)17-8-12-19(13-9-17)31-14-16-6-10-18(25)11-7-16/h2-13H,14H2,1H3,(H,26,29)(H,28,30)/b27-15+. The van der Waals surface area contributed by atoms with E-state index in [-0.39, 0.29) is 5.82 Å². The van der Waals surface area contributed by atoms with E-state index >= 15 is 0 Å². The van der Waals surface area contributed by atoms with E-state index in [2.05, 4.69) is 15.8 Å². The number of nitrogens with one attached hydrogen (secondary N) is 2. The number of anilines is 1. The third kappa shape index (κ3) is 6.38. The molecule has 31 heavy (non-hydrogen) atoms. The Hall–Kier alpha value is -3.71. The van der Waals surface area contributed by atoms with E-state index in [9.17, 15) is 14.0 Å². The van der Waals surface area contributed by atoms with Gasteiger partial charge < -0.3 is 10.1 Å². The van der Waals surface area contributed by atoms with Gasteiger partial charge in [0.2, 0.25) is 0 Å². The molecule has 0 saturated heterocycles. The topological polar surface area (TPSA) is 79.8 Å². The molecule has 0 unspecified atom stereocenters. The van der Waals surface area contributed by atoms with Crippen LogP contribution in [0.3, 0.4) is 0 Å². The molecule has 0 fully saturated rings. The van der Waals surface area contributed by atoms with Gasteiger partial charge in [-0.25, -0.2) is 9.82 Å². The molecule has 3 rings (SSSR count). The van der Waals surface area contributed by atoms with E-state index < -0.39 is 11.8 Å². The smallest absolute Gasteiger partial charge is 0.329 e. The highest BCUT2D eigenvalue weighted by Gasteiger charge is 2.14. The van der Waals surface area contributed by atoms with Gasteiger partial charge >= 0.3 is 11.8 Å². The molecule has 0 spiro atoms. The first kappa shape index (κ1) is 22.0. The van der Waals surface area contributed by atoms with Gasteiger partial charge in [0.1, 0.15) is 18.2 Å². The number of hydrogen-bond donors (Lipinski definition) is 2. The van der Waals surface area contributed by atoms with Crippen molar-refractivity contribution in [1.82, 2.24) is 5.43 Å². The Bertz CT molecular complexity index is 1100. The number of rotatable bonds is 6. The first-order chi connectivity index (χ1) is 14.9. The molecule has 0 heterocycles. The van der Waals surface area contributed by atoms with Crippen LogP contribution in [-0.4, -0.2) is 17.5 Å². The van der Waals surface area contributed by atoms with Crippen molar-refractivity contribution in [2.75, 3.05) is 5.32 Å². The normalized spacial score (nSPS) is 11.0. The Labute approximate surface area is 183 Å². The van der Waals surface area contributed by atoms with Crippen LogP contribution in [0.4, 0.5) is 10.1 Å². The summed E-state index contributed by atoms with van der Waals surface area (Å²) in [4.78, 5) is 24.0. The molecule has 3 aromatic rings. The number of carbonyl (C=O) groups excluding carboxylic acids is 2. The predicted octanol–water partition coefficient (Wildman–Crippen LogP) is 4.54. The van der Waals surface area contributed by atoms with Gasteiger partial charge in [0, 0.05) is 0 Å². The number of benzene rings is 3. The monoisotopic (exact) mass is 439 g/mol. The van der Waals surface area contributed by atoms with Crippen LogP contribution in [0.1, 0.15) is 18.1 Å². The summed E-state index contributed by atoms with van der Waals surface area (Å²) in [6, 6.07) is 19.7. The number of halogens is 2. The molecule has 0 aliphatic heterocycles. The number of hydrazone groups is 1. The second kappa shape index (κ2) is 10.4. The highest BCUT2D eigenvalue weighted by atomic mass is 35.5. The maximum absolute atomic E-state index is 12.9. The van der Waals surface area contributed by atoms with E-state index in [0.29, 0.717) is 28.8 Å². The predicted molar refractivity (Wildman–Crippen MR) is 118 cm³/mol. The Morgan fingerprint density at radius 1 is 0.968 bits per heavy atom. The van der Waals surface area contributed by atoms with Gasteiger partial charge in [-0.2, -0.15) is 5.10 Å². The number of hydrogen-bond acceptors (Lipinski definition) is 4. The number of para-hydroxylation sites is 1. The lowest BCUT2D eigenvalue weighted by molar-refractivity contribution is -0.136. The molecule has 2 N–H and O–H groups in total. The molecule has 0 aromatic heterocycles. The van der Waals surface area contributed by atoms with Crippen molar-refractivity contribution in [3.63, 3.8) is 0 Å². The van der Waals surface area contributed by atoms with Crippen molar-refractivity contribution in [1.29, 1.82) is 0 Å². The molecule has 158 valence electrons. The second-order valence-corrected chi connectivity index (χ2v) is 6.92. The fourth-order valence-electron chi connectivity index (χ4n) is 2.53. The van der Waals surface area contributed by atoms with Crippen molar-refractivity contribution < 1.29 is 18.7 Å². The zero-order valence-electron chi connectivity index (χ0n) is 16.6. The Morgan fingerprint density at radius 2 is 1.65 bits per heavy atom. The Morgan fingerprint density at radius 3 is 2.32 bits per heavy atom. The van der Waals surface area contributed by atoms with E-state index in [4.69, 9.17) is 16.3 Å². The SMILES string of the molecule is C/C(=N\NC(=O)C(=O)Nc1ccccc1Cl)c1ccc(OCc2ccc(F)cc2)cc1. The largest absolute Gasteiger partial charge is 0.489 e. The van der Waals surface area contributed by atoms with Gasteiger partial charge in [-0.1, -0.05) is 35.9 Å². The molecule has 0 saturated carbocycles. The van der Waals surface area contributed by atoms with Gasteiger partial charge in [-0.15, -0.1) is 0 Å². The van der Waals surface area contributed by atoms with Crippen LogP contribution in [-0.2, 0) is 16.2 Å². The summed E-state index contributed by atoms with van der Waals surface area (Å²) in [7, 11) is 0. The third-order valence-corrected chi connectivity index (χ3v) is 4.57. The molecular weight excluding hydrogens is 421 g/mol. The van der Waals surface area contributed by atoms with Crippen LogP contribution < -0.4 is 15.5 Å². The maximum atomic E-state index is 12.9. The zero-order chi connectivity index (χ0) is 22.2. The molecule has 0 radical (unpaired) electrons. The fourth-order valence-corrected chi connectivity index (χ4v) is 2.71. The molecule has 0 bridgehead atoms. The molecular formula is C23H19ClFN3O3. The minimum absolute atomic E-state index is 0.295. The van der Waals surface area contributed by atoms with Gasteiger partial charge in [0.25, 0.3) is 0 Å². The van der Waals surface area contributed by atoms with Crippen LogP contribution in [0.5, 0.6) is 5.75 Å². The van der Waals surface area contributed by atoms with Gasteiger partial charge in [0.15, 0.2) is 0 Å². The van der Waals surface area contributed by atoms with Gasteiger partial charge in [0.05, 0.1) is 16.4 Å². The molecule has 0 aliphatic rings. The van der Waals surface area contributed by atoms with Gasteiger partial charge in [-0.05, 0) is 66.6 Å². The minimum Gasteiger partial charge on any atom is -0.489 e. The molecule has 3 aromatic carbocycles. The summed E-state index contributed by atoms with van der Waals surface area (Å²) < 4.78 is 18.6. The summed E-state index contributed by atoms with van der Waals surface area (Å²) in [5.74, 6) is -1.46. The first-order valence-corrected chi connectivity index (χ1v) is 9.68. The lowest BCUT2D eigenvalue weighted by Gasteiger charge is -2.08. The number of ether oxygens (including phenoxy) is 1. The highest BCUT2D eigenvalue weighted by Crippen LogP contribution is 2.20. The average molecular weight is 440 g/mol. The molecule has 0 atom stereocenters. The number of nitrogens with zero attached hydrogens (tertiary/aromatic N) is 1. The van der Waals surface area contributed by atoms with Crippen LogP contribution >= 0.6 is 11.6 Å². The van der Waals surface area contributed by atoms with Crippen LogP contribution in [0.15, 0.2) is 77.9 Å². The van der Waals surface area contributed by atoms with E-state index in [1.54, 1.807) is 67.6 Å². The quantitative estimate of drug-likeness (QED) is 0.336. The van der Waals surface area contributed by atoms with Crippen LogP contribution in [0.25, 0.3) is 0 Å². The van der Waals surface area contributed by atoms with Crippen molar-refractivity contribution in [2.24, 2.45) is 5.10 Å². The lowest BCUT2D eigenvalue weighted by Crippen LogP contribution is -2.33. The minimum atomic E-state index is -0.918. The van der Waals surface area contributed by atoms with Gasteiger partial charge in [-0.3, -0.25) is 9.59 Å². The summed E-state index contributed by atoms with van der Waals surface area (Å²) in [5, 5.41) is 6.70. The Balaban J connectivity index is 1.53. The highest BCUT2D eigenvalue weighted by molar-refractivity contribution is 6.41. The Kier molecular flexibility index (Phi) is 7.35. The summed E-state index contributed by atoms with van der Waals surface area (Å²) in [6.45, 7) is 2.00. The molecule has 8 heteroatoms. The third-order valence-electron chi connectivity index (χ3n) is 4.24. The van der Waals surface area contributed by atoms with Crippen molar-refractivity contribution in [2.45, 2.75) is 13.5 Å². The fraction of sp³-hybridized carbons (Fsp3) is 0.0870. The number of amides is 2. The van der Waals surface area contributed by atoms with Crippen LogP contribution in [0, 0.1) is 5.82 Å². The summed E-state index contributed by atoms with van der Waals surface area (Å²) in [5.41, 5.74) is 4.64. The van der Waals surface area contributed by atoms with E-state index in [0.717, 1.165) is 11.1 Å². The summed E-state index contributed by atoms with van der Waals surface area (Å²) >= 11 is 5.96. The van der Waals surface area contributed by atoms with Crippen molar-refractivity contribution >= 4 is 34.8 Å². The first-order valence-electron chi connectivity index (χ1n) is 9.30. The average Bonchev–Trinajstić information content (AvgIpc) is 2.78. The molecule has 2 amide bonds. The van der Waals surface area contributed by atoms with Crippen molar-refractivity contribution in [3.05, 3.63) is 94.8 Å². The lowest BCUT2D eigenvalue weighted by atomic mass is 10.1. The molecule has 6 nitrogen and oxygen atoms in total. The van der Waals surface area contributed by atoms with Crippen molar-refractivity contribution in [3.8, 4) is 5.75 Å². The molecule has 0 aliphatic carbocycles. The second-order valence-electron chi connectivity index (χ2n) is 6.51. The summed E-state index contributed by atoms with van der Waals surface area (Å²) in [6.07, 6.45) is 0. The maximum Gasteiger partial charge on any atom is 0.329 e. The van der Waals surface area contributed by atoms with Crippen LogP contribution in [0.2, 0.25) is 5.02 Å².